The summed E-state index contributed by atoms with van der Waals surface area (Å²) in [5.41, 5.74) is 0. The molecule has 3 N–H and O–H groups in total. The maximum absolute atomic E-state index is 9.45. The van der Waals surface area contributed by atoms with Gasteiger partial charge in [0.2, 0.25) is 0 Å². The average Bonchev–Trinajstić information content (AvgIpc) is 2.64. The number of hydrogen-bond donors (Lipinski definition) is 3. The molecule has 0 amide bonds. The van der Waals surface area contributed by atoms with E-state index in [0.29, 0.717) is 12.3 Å². The highest BCUT2D eigenvalue weighted by Crippen LogP contribution is 2.12. The fraction of sp³-hybridized carbons (Fsp3) is 0.625. The number of aromatic nitrogens is 2. The minimum Gasteiger partial charge on any atom is -0.391 e. The number of imidazole rings is 1. The fourth-order valence-electron chi connectivity index (χ4n) is 0.875. The minimum absolute atomic E-state index is 0.310. The standard InChI is InChI=1S/C8H15N3OS/c1-2-9-5-7(12)6-13-8-10-3-4-11-8/h3-4,7,9,12H,2,5-6H2,1H3,(H,10,11). The molecule has 1 rings (SSSR count). The highest BCUT2D eigenvalue weighted by molar-refractivity contribution is 7.99. The Kier molecular flexibility index (Phi) is 4.88. The highest BCUT2D eigenvalue weighted by atomic mass is 32.2. The molecule has 0 fully saturated rings. The summed E-state index contributed by atoms with van der Waals surface area (Å²) in [6.45, 7) is 3.55. The lowest BCUT2D eigenvalue weighted by Crippen LogP contribution is -2.28. The number of nitrogens with one attached hydrogen (secondary N) is 2. The normalized spacial score (nSPS) is 13.1. The molecular formula is C8H15N3OS. The van der Waals surface area contributed by atoms with E-state index in [1.165, 1.54) is 11.8 Å². The van der Waals surface area contributed by atoms with E-state index in [9.17, 15) is 5.11 Å². The van der Waals surface area contributed by atoms with Crippen LogP contribution in [0.4, 0.5) is 0 Å². The number of nitrogens with zero attached hydrogens (tertiary/aromatic N) is 1. The highest BCUT2D eigenvalue weighted by Gasteiger charge is 2.04. The first-order valence-electron chi connectivity index (χ1n) is 4.34. The van der Waals surface area contributed by atoms with Crippen LogP contribution in [0.2, 0.25) is 0 Å². The number of aliphatic hydroxyl groups excluding tert-OH is 1. The third-order valence-electron chi connectivity index (χ3n) is 1.52. The lowest BCUT2D eigenvalue weighted by atomic mass is 10.4. The van der Waals surface area contributed by atoms with Crippen molar-refractivity contribution in [1.82, 2.24) is 15.3 Å². The summed E-state index contributed by atoms with van der Waals surface area (Å²) in [5, 5.41) is 13.4. The predicted molar refractivity (Wildman–Crippen MR) is 53.9 cm³/mol. The van der Waals surface area contributed by atoms with Crippen LogP contribution in [-0.4, -0.2) is 40.0 Å². The molecule has 1 heterocycles. The second-order valence-electron chi connectivity index (χ2n) is 2.67. The Labute approximate surface area is 82.2 Å². The van der Waals surface area contributed by atoms with Crippen LogP contribution in [0.25, 0.3) is 0 Å². The molecule has 0 saturated heterocycles. The molecule has 0 aliphatic rings. The Morgan fingerprint density at radius 2 is 2.62 bits per heavy atom. The van der Waals surface area contributed by atoms with E-state index in [1.807, 2.05) is 6.92 Å². The molecular weight excluding hydrogens is 186 g/mol. The minimum atomic E-state index is -0.310. The van der Waals surface area contributed by atoms with Crippen molar-refractivity contribution < 1.29 is 5.11 Å². The second-order valence-corrected chi connectivity index (χ2v) is 3.68. The second kappa shape index (κ2) is 6.01. The van der Waals surface area contributed by atoms with Gasteiger partial charge in [0, 0.05) is 24.7 Å². The molecule has 0 aromatic carbocycles. The molecule has 4 nitrogen and oxygen atoms in total. The number of rotatable bonds is 6. The molecule has 1 aromatic rings. The first-order valence-corrected chi connectivity index (χ1v) is 5.32. The smallest absolute Gasteiger partial charge is 0.165 e. The van der Waals surface area contributed by atoms with Crippen molar-refractivity contribution in [3.63, 3.8) is 0 Å². The molecule has 1 aromatic heterocycles. The van der Waals surface area contributed by atoms with Gasteiger partial charge in [-0.25, -0.2) is 4.98 Å². The van der Waals surface area contributed by atoms with Crippen LogP contribution in [0.1, 0.15) is 6.92 Å². The van der Waals surface area contributed by atoms with Gasteiger partial charge in [-0.15, -0.1) is 0 Å². The van der Waals surface area contributed by atoms with Gasteiger partial charge >= 0.3 is 0 Å². The van der Waals surface area contributed by atoms with Crippen LogP contribution in [0.5, 0.6) is 0 Å². The Morgan fingerprint density at radius 1 is 1.77 bits per heavy atom. The summed E-state index contributed by atoms with van der Waals surface area (Å²) < 4.78 is 0. The van der Waals surface area contributed by atoms with E-state index >= 15 is 0 Å². The van der Waals surface area contributed by atoms with Gasteiger partial charge in [0.05, 0.1) is 6.10 Å². The van der Waals surface area contributed by atoms with Crippen molar-refractivity contribution >= 4 is 11.8 Å². The van der Waals surface area contributed by atoms with E-state index in [2.05, 4.69) is 15.3 Å². The number of aliphatic hydroxyl groups is 1. The van der Waals surface area contributed by atoms with Crippen molar-refractivity contribution in [2.45, 2.75) is 18.2 Å². The summed E-state index contributed by atoms with van der Waals surface area (Å²) in [6, 6.07) is 0. The van der Waals surface area contributed by atoms with Gasteiger partial charge in [-0.1, -0.05) is 18.7 Å². The largest absolute Gasteiger partial charge is 0.391 e. The zero-order valence-corrected chi connectivity index (χ0v) is 8.47. The molecule has 0 aliphatic heterocycles. The first-order chi connectivity index (χ1) is 6.33. The van der Waals surface area contributed by atoms with Crippen LogP contribution in [-0.2, 0) is 0 Å². The van der Waals surface area contributed by atoms with Crippen LogP contribution in [0.3, 0.4) is 0 Å². The fourth-order valence-corrected chi connectivity index (χ4v) is 1.63. The van der Waals surface area contributed by atoms with E-state index in [1.54, 1.807) is 12.4 Å². The number of thioether (sulfide) groups is 1. The van der Waals surface area contributed by atoms with Crippen molar-refractivity contribution in [3.05, 3.63) is 12.4 Å². The first kappa shape index (κ1) is 10.6. The summed E-state index contributed by atoms with van der Waals surface area (Å²) in [7, 11) is 0. The molecule has 0 aliphatic carbocycles. The molecule has 0 bridgehead atoms. The number of aromatic amines is 1. The van der Waals surface area contributed by atoms with Crippen molar-refractivity contribution in [2.75, 3.05) is 18.8 Å². The van der Waals surface area contributed by atoms with Gasteiger partial charge in [-0.05, 0) is 6.54 Å². The molecule has 74 valence electrons. The maximum atomic E-state index is 9.45. The molecule has 1 unspecified atom stereocenters. The van der Waals surface area contributed by atoms with E-state index < -0.39 is 0 Å². The third kappa shape index (κ3) is 4.31. The monoisotopic (exact) mass is 201 g/mol. The van der Waals surface area contributed by atoms with Crippen LogP contribution >= 0.6 is 11.8 Å². The SMILES string of the molecule is CCNCC(O)CSc1ncc[nH]1. The van der Waals surface area contributed by atoms with Crippen LogP contribution in [0, 0.1) is 0 Å². The van der Waals surface area contributed by atoms with Gasteiger partial charge in [-0.2, -0.15) is 0 Å². The topological polar surface area (TPSA) is 60.9 Å². The lowest BCUT2D eigenvalue weighted by molar-refractivity contribution is 0.196. The molecule has 5 heteroatoms. The molecule has 0 saturated carbocycles. The number of hydrogen-bond acceptors (Lipinski definition) is 4. The zero-order chi connectivity index (χ0) is 9.52. The van der Waals surface area contributed by atoms with Crippen molar-refractivity contribution in [3.8, 4) is 0 Å². The summed E-state index contributed by atoms with van der Waals surface area (Å²) in [4.78, 5) is 7.01. The summed E-state index contributed by atoms with van der Waals surface area (Å²) >= 11 is 1.53. The van der Waals surface area contributed by atoms with Gasteiger partial charge in [-0.3, -0.25) is 0 Å². The zero-order valence-electron chi connectivity index (χ0n) is 7.66. The van der Waals surface area contributed by atoms with Gasteiger partial charge in [0.25, 0.3) is 0 Å². The molecule has 1 atom stereocenters. The molecule has 13 heavy (non-hydrogen) atoms. The Morgan fingerprint density at radius 3 is 3.23 bits per heavy atom. The molecule has 0 radical (unpaired) electrons. The number of likely N-dealkylation sites (N-methyl/N-ethyl adjacent to an activating group) is 1. The summed E-state index contributed by atoms with van der Waals surface area (Å²) in [6.07, 6.45) is 3.17. The van der Waals surface area contributed by atoms with E-state index in [-0.39, 0.29) is 6.10 Å². The van der Waals surface area contributed by atoms with Crippen molar-refractivity contribution in [1.29, 1.82) is 0 Å². The Hall–Kier alpha value is -0.520. The van der Waals surface area contributed by atoms with Gasteiger partial charge in [0.15, 0.2) is 5.16 Å². The van der Waals surface area contributed by atoms with E-state index in [0.717, 1.165) is 11.7 Å². The van der Waals surface area contributed by atoms with Crippen LogP contribution < -0.4 is 5.32 Å². The van der Waals surface area contributed by atoms with Crippen molar-refractivity contribution in [2.24, 2.45) is 0 Å². The predicted octanol–water partition coefficient (Wildman–Crippen LogP) is 0.472. The van der Waals surface area contributed by atoms with Crippen LogP contribution in [0.15, 0.2) is 17.6 Å². The third-order valence-corrected chi connectivity index (χ3v) is 2.56. The van der Waals surface area contributed by atoms with Gasteiger partial charge < -0.3 is 15.4 Å². The Bertz CT molecular complexity index is 215. The number of H-pyrrole nitrogens is 1. The maximum Gasteiger partial charge on any atom is 0.165 e. The quantitative estimate of drug-likeness (QED) is 0.586. The van der Waals surface area contributed by atoms with E-state index in [4.69, 9.17) is 0 Å². The Balaban J connectivity index is 2.11. The summed E-state index contributed by atoms with van der Waals surface area (Å²) in [5.74, 6) is 0.667. The average molecular weight is 201 g/mol. The lowest BCUT2D eigenvalue weighted by Gasteiger charge is -2.08. The molecule has 0 spiro atoms. The van der Waals surface area contributed by atoms with Gasteiger partial charge in [0.1, 0.15) is 0 Å².